The van der Waals surface area contributed by atoms with E-state index in [4.69, 9.17) is 32.7 Å². The molecule has 6 nitrogen and oxygen atoms in total. The molecule has 1 saturated heterocycles. The topological polar surface area (TPSA) is 68.7 Å². The third-order valence-electron chi connectivity index (χ3n) is 5.53. The molecular formula is C25H21Cl2FN2O4. The van der Waals surface area contributed by atoms with Crippen LogP contribution in [-0.4, -0.2) is 43.5 Å². The Balaban J connectivity index is 1.77. The van der Waals surface area contributed by atoms with Crippen LogP contribution < -0.4 is 9.64 Å². The van der Waals surface area contributed by atoms with Crippen LogP contribution in [0.1, 0.15) is 33.6 Å². The monoisotopic (exact) mass is 502 g/mol. The van der Waals surface area contributed by atoms with Gasteiger partial charge in [-0.1, -0.05) is 35.3 Å². The molecule has 2 heterocycles. The smallest absolute Gasteiger partial charge is 0.263 e. The molecule has 1 aromatic heterocycles. The highest BCUT2D eigenvalue weighted by atomic mass is 35.5. The van der Waals surface area contributed by atoms with Crippen LogP contribution in [0.4, 0.5) is 10.2 Å². The Hall–Kier alpha value is -3.00. The van der Waals surface area contributed by atoms with E-state index in [-0.39, 0.29) is 22.5 Å². The number of ether oxygens (including phenoxy) is 2. The average molecular weight is 503 g/mol. The first-order chi connectivity index (χ1) is 16.4. The number of nitrogens with zero attached hydrogens (tertiary/aromatic N) is 2. The number of hydrogen-bond acceptors (Lipinski definition) is 5. The minimum absolute atomic E-state index is 0.00201. The first-order valence-electron chi connectivity index (χ1n) is 10.6. The molecule has 0 saturated carbocycles. The number of carbonyl (C=O) groups excluding carboxylic acids is 2. The van der Waals surface area contributed by atoms with E-state index in [1.165, 1.54) is 36.3 Å². The van der Waals surface area contributed by atoms with Crippen LogP contribution in [0.15, 0.2) is 48.7 Å². The minimum atomic E-state index is -0.731. The van der Waals surface area contributed by atoms with Crippen molar-refractivity contribution in [2.45, 2.75) is 18.9 Å². The fraction of sp³-hybridized carbons (Fsp3) is 0.240. The average Bonchev–Trinajstić information content (AvgIpc) is 2.84. The van der Waals surface area contributed by atoms with Crippen LogP contribution >= 0.6 is 23.2 Å². The summed E-state index contributed by atoms with van der Waals surface area (Å²) in [5, 5.41) is 0.428. The van der Waals surface area contributed by atoms with Gasteiger partial charge in [0.1, 0.15) is 18.2 Å². The van der Waals surface area contributed by atoms with Gasteiger partial charge in [0.05, 0.1) is 23.8 Å². The summed E-state index contributed by atoms with van der Waals surface area (Å²) in [6.07, 6.45) is 3.44. The number of hydrogen-bond donors (Lipinski definition) is 0. The van der Waals surface area contributed by atoms with Crippen LogP contribution in [-0.2, 0) is 4.74 Å². The van der Waals surface area contributed by atoms with Gasteiger partial charge in [-0.15, -0.1) is 0 Å². The number of aromatic nitrogens is 1. The lowest BCUT2D eigenvalue weighted by Gasteiger charge is -2.27. The highest BCUT2D eigenvalue weighted by Crippen LogP contribution is 2.36. The van der Waals surface area contributed by atoms with Crippen molar-refractivity contribution in [2.24, 2.45) is 0 Å². The molecule has 0 bridgehead atoms. The first kappa shape index (κ1) is 24.1. The van der Waals surface area contributed by atoms with Gasteiger partial charge in [0.2, 0.25) is 0 Å². The van der Waals surface area contributed by atoms with Crippen molar-refractivity contribution < 1.29 is 23.5 Å². The lowest BCUT2D eigenvalue weighted by atomic mass is 10.0. The van der Waals surface area contributed by atoms with Crippen molar-refractivity contribution in [1.29, 1.82) is 0 Å². The summed E-state index contributed by atoms with van der Waals surface area (Å²) in [5.74, 6) is -0.881. The predicted octanol–water partition coefficient (Wildman–Crippen LogP) is 5.84. The summed E-state index contributed by atoms with van der Waals surface area (Å²) in [6, 6.07) is 10.7. The summed E-state index contributed by atoms with van der Waals surface area (Å²) in [5.41, 5.74) is 1.39. The molecule has 2 aromatic carbocycles. The quantitative estimate of drug-likeness (QED) is 0.396. The fourth-order valence-corrected chi connectivity index (χ4v) is 4.17. The molecule has 1 amide bonds. The highest BCUT2D eigenvalue weighted by molar-refractivity contribution is 6.34. The second-order valence-electron chi connectivity index (χ2n) is 7.79. The number of aldehydes is 1. The maximum Gasteiger partial charge on any atom is 0.263 e. The fourth-order valence-electron chi connectivity index (χ4n) is 3.70. The molecular weight excluding hydrogens is 482 g/mol. The standard InChI is InChI=1S/C25H21Cl2FN2O4/c1-30(25(32)23-20(27)3-2-4-21(23)28)24-22(34-17-7-9-33-10-8-17)12-16(13-29-24)18-11-15(14-31)5-6-19(18)26/h2-6,11-14,17H,7-10H2,1H3. The van der Waals surface area contributed by atoms with Crippen molar-refractivity contribution in [3.05, 3.63) is 75.7 Å². The molecule has 0 atom stereocenters. The molecule has 0 unspecified atom stereocenters. The Bertz CT molecular complexity index is 1210. The van der Waals surface area contributed by atoms with Gasteiger partial charge in [-0.25, -0.2) is 9.37 Å². The lowest BCUT2D eigenvalue weighted by molar-refractivity contribution is 0.0256. The van der Waals surface area contributed by atoms with Gasteiger partial charge < -0.3 is 9.47 Å². The molecule has 1 fully saturated rings. The second kappa shape index (κ2) is 10.5. The zero-order valence-electron chi connectivity index (χ0n) is 18.3. The lowest BCUT2D eigenvalue weighted by Crippen LogP contribution is -2.31. The van der Waals surface area contributed by atoms with Crippen molar-refractivity contribution in [3.63, 3.8) is 0 Å². The Morgan fingerprint density at radius 3 is 2.65 bits per heavy atom. The molecule has 0 aliphatic carbocycles. The number of rotatable bonds is 6. The normalized spacial score (nSPS) is 14.0. The summed E-state index contributed by atoms with van der Waals surface area (Å²) >= 11 is 12.5. The van der Waals surface area contributed by atoms with E-state index in [1.54, 1.807) is 24.3 Å². The summed E-state index contributed by atoms with van der Waals surface area (Å²) in [4.78, 5) is 30.1. The van der Waals surface area contributed by atoms with Crippen molar-refractivity contribution in [1.82, 2.24) is 4.98 Å². The SMILES string of the molecule is CN(C(=O)c1c(F)cccc1Cl)c1ncc(-c2cc(C=O)ccc2Cl)cc1OC1CCOCC1. The third kappa shape index (κ3) is 5.06. The molecule has 0 radical (unpaired) electrons. The van der Waals surface area contributed by atoms with E-state index < -0.39 is 11.7 Å². The number of anilines is 1. The van der Waals surface area contributed by atoms with Gasteiger partial charge in [-0.05, 0) is 30.3 Å². The van der Waals surface area contributed by atoms with Crippen molar-refractivity contribution in [3.8, 4) is 16.9 Å². The van der Waals surface area contributed by atoms with E-state index in [0.29, 0.717) is 53.5 Å². The molecule has 1 aliphatic rings. The Morgan fingerprint density at radius 1 is 1.18 bits per heavy atom. The Morgan fingerprint density at radius 2 is 1.94 bits per heavy atom. The largest absolute Gasteiger partial charge is 0.486 e. The number of halogens is 3. The van der Waals surface area contributed by atoms with Crippen LogP contribution in [0.25, 0.3) is 11.1 Å². The number of carbonyl (C=O) groups is 2. The molecule has 0 N–H and O–H groups in total. The summed E-state index contributed by atoms with van der Waals surface area (Å²) in [7, 11) is 1.48. The van der Waals surface area contributed by atoms with E-state index in [1.807, 2.05) is 0 Å². The van der Waals surface area contributed by atoms with E-state index in [2.05, 4.69) is 4.98 Å². The molecule has 4 rings (SSSR count). The third-order valence-corrected chi connectivity index (χ3v) is 6.18. The zero-order valence-corrected chi connectivity index (χ0v) is 19.8. The molecule has 1 aliphatic heterocycles. The summed E-state index contributed by atoms with van der Waals surface area (Å²) in [6.45, 7) is 1.11. The van der Waals surface area contributed by atoms with Crippen LogP contribution in [0.3, 0.4) is 0 Å². The molecule has 0 spiro atoms. The molecule has 176 valence electrons. The summed E-state index contributed by atoms with van der Waals surface area (Å²) < 4.78 is 26.1. The predicted molar refractivity (Wildman–Crippen MR) is 129 cm³/mol. The number of amides is 1. The molecule has 9 heteroatoms. The van der Waals surface area contributed by atoms with Gasteiger partial charge in [-0.3, -0.25) is 14.5 Å². The first-order valence-corrected chi connectivity index (χ1v) is 11.4. The van der Waals surface area contributed by atoms with Gasteiger partial charge >= 0.3 is 0 Å². The van der Waals surface area contributed by atoms with E-state index >= 15 is 0 Å². The Kier molecular flexibility index (Phi) is 7.46. The zero-order chi connectivity index (χ0) is 24.2. The Labute approximate surface area is 206 Å². The minimum Gasteiger partial charge on any atom is -0.486 e. The second-order valence-corrected chi connectivity index (χ2v) is 8.61. The van der Waals surface area contributed by atoms with Gasteiger partial charge in [0.15, 0.2) is 11.6 Å². The van der Waals surface area contributed by atoms with Crippen molar-refractivity contribution >= 4 is 41.2 Å². The molecule has 34 heavy (non-hydrogen) atoms. The van der Waals surface area contributed by atoms with Gasteiger partial charge in [0, 0.05) is 47.8 Å². The molecule has 3 aromatic rings. The number of pyridine rings is 1. The van der Waals surface area contributed by atoms with Crippen LogP contribution in [0.5, 0.6) is 5.75 Å². The number of benzene rings is 2. The highest BCUT2D eigenvalue weighted by Gasteiger charge is 2.26. The van der Waals surface area contributed by atoms with E-state index in [9.17, 15) is 14.0 Å². The maximum absolute atomic E-state index is 14.4. The van der Waals surface area contributed by atoms with Crippen LogP contribution in [0.2, 0.25) is 10.0 Å². The van der Waals surface area contributed by atoms with Gasteiger partial charge in [-0.2, -0.15) is 0 Å². The van der Waals surface area contributed by atoms with Gasteiger partial charge in [0.25, 0.3) is 5.91 Å². The van der Waals surface area contributed by atoms with Crippen LogP contribution in [0, 0.1) is 5.82 Å². The van der Waals surface area contributed by atoms with Crippen molar-refractivity contribution in [2.75, 3.05) is 25.2 Å². The maximum atomic E-state index is 14.4. The van der Waals surface area contributed by atoms with E-state index in [0.717, 1.165) is 6.29 Å².